The Hall–Kier alpha value is -0.170. The molecule has 1 aliphatic heterocycles. The Morgan fingerprint density at radius 3 is 2.33 bits per heavy atom. The van der Waals surface area contributed by atoms with Crippen molar-refractivity contribution in [2.75, 3.05) is 18.1 Å². The van der Waals surface area contributed by atoms with E-state index in [-0.39, 0.29) is 30.9 Å². The minimum absolute atomic E-state index is 0.0607. The van der Waals surface area contributed by atoms with Crippen molar-refractivity contribution in [3.63, 3.8) is 0 Å². The van der Waals surface area contributed by atoms with E-state index in [9.17, 15) is 13.5 Å². The molecule has 12 heavy (non-hydrogen) atoms. The van der Waals surface area contributed by atoms with Crippen LogP contribution in [0.4, 0.5) is 0 Å². The third kappa shape index (κ3) is 2.41. The molecule has 0 atom stereocenters. The lowest BCUT2D eigenvalue weighted by molar-refractivity contribution is 0.0308. The highest BCUT2D eigenvalue weighted by Crippen LogP contribution is 2.22. The molecule has 4 N–H and O–H groups in total. The summed E-state index contributed by atoms with van der Waals surface area (Å²) in [6.07, 6.45) is 0.555. The number of hydrogen-bond donors (Lipinski definition) is 3. The van der Waals surface area contributed by atoms with Crippen molar-refractivity contribution in [1.82, 2.24) is 5.43 Å². The van der Waals surface area contributed by atoms with Gasteiger partial charge in [-0.2, -0.15) is 0 Å². The van der Waals surface area contributed by atoms with Gasteiger partial charge in [0.25, 0.3) is 0 Å². The van der Waals surface area contributed by atoms with Crippen LogP contribution in [-0.4, -0.2) is 37.2 Å². The van der Waals surface area contributed by atoms with Gasteiger partial charge in [0.05, 0.1) is 17.1 Å². The van der Waals surface area contributed by atoms with E-state index in [4.69, 9.17) is 5.84 Å². The van der Waals surface area contributed by atoms with Gasteiger partial charge in [-0.25, -0.2) is 8.42 Å². The van der Waals surface area contributed by atoms with E-state index >= 15 is 0 Å². The molecule has 0 unspecified atom stereocenters. The fourth-order valence-electron chi connectivity index (χ4n) is 1.28. The van der Waals surface area contributed by atoms with Crippen LogP contribution in [-0.2, 0) is 9.84 Å². The first-order chi connectivity index (χ1) is 5.47. The summed E-state index contributed by atoms with van der Waals surface area (Å²) in [5.74, 6) is 5.17. The molecule has 0 bridgehead atoms. The molecule has 0 aromatic rings. The van der Waals surface area contributed by atoms with Gasteiger partial charge in [0.1, 0.15) is 0 Å². The van der Waals surface area contributed by atoms with Crippen LogP contribution in [0.2, 0.25) is 0 Å². The fraction of sp³-hybridized carbons (Fsp3) is 1.00. The maximum absolute atomic E-state index is 11.0. The lowest BCUT2D eigenvalue weighted by Crippen LogP contribution is -2.48. The lowest BCUT2D eigenvalue weighted by Gasteiger charge is -2.31. The van der Waals surface area contributed by atoms with E-state index in [0.717, 1.165) is 0 Å². The molecule has 1 fully saturated rings. The Morgan fingerprint density at radius 2 is 1.92 bits per heavy atom. The van der Waals surface area contributed by atoms with Crippen molar-refractivity contribution in [3.05, 3.63) is 0 Å². The van der Waals surface area contributed by atoms with E-state index in [0.29, 0.717) is 0 Å². The molecule has 0 amide bonds. The zero-order valence-corrected chi connectivity index (χ0v) is 7.60. The van der Waals surface area contributed by atoms with Gasteiger partial charge in [-0.15, -0.1) is 0 Å². The number of sulfone groups is 1. The summed E-state index contributed by atoms with van der Waals surface area (Å²) in [6, 6.07) is 0. The van der Waals surface area contributed by atoms with Gasteiger partial charge >= 0.3 is 0 Å². The molecule has 1 saturated heterocycles. The van der Waals surface area contributed by atoms with Gasteiger partial charge in [-0.05, 0) is 12.8 Å². The molecule has 0 aromatic heterocycles. The summed E-state index contributed by atoms with van der Waals surface area (Å²) in [4.78, 5) is 0. The highest BCUT2D eigenvalue weighted by molar-refractivity contribution is 7.91. The first-order valence-electron chi connectivity index (χ1n) is 3.84. The van der Waals surface area contributed by atoms with Crippen molar-refractivity contribution < 1.29 is 13.5 Å². The number of rotatable bonds is 2. The molecule has 72 valence electrons. The molecule has 5 nitrogen and oxygen atoms in total. The number of nitrogens with two attached hydrogens (primary N) is 1. The van der Waals surface area contributed by atoms with Crippen LogP contribution >= 0.6 is 0 Å². The quantitative estimate of drug-likeness (QED) is 0.363. The van der Waals surface area contributed by atoms with Gasteiger partial charge in [-0.3, -0.25) is 11.3 Å². The van der Waals surface area contributed by atoms with Crippen molar-refractivity contribution >= 4 is 9.84 Å². The average molecular weight is 194 g/mol. The van der Waals surface area contributed by atoms with Crippen LogP contribution < -0.4 is 11.3 Å². The zero-order chi connectivity index (χ0) is 9.24. The Bertz CT molecular complexity index is 236. The van der Waals surface area contributed by atoms with E-state index < -0.39 is 15.4 Å². The molecule has 1 rings (SSSR count). The molecule has 1 aliphatic rings. The molecular weight excluding hydrogens is 180 g/mol. The lowest BCUT2D eigenvalue weighted by atomic mass is 9.97. The first-order valence-corrected chi connectivity index (χ1v) is 5.66. The Morgan fingerprint density at radius 1 is 1.42 bits per heavy atom. The molecule has 0 spiro atoms. The minimum atomic E-state index is -2.90. The molecular formula is C6H14N2O3S. The van der Waals surface area contributed by atoms with E-state index in [1.165, 1.54) is 0 Å². The summed E-state index contributed by atoms with van der Waals surface area (Å²) in [6.45, 7) is 0.252. The van der Waals surface area contributed by atoms with E-state index in [2.05, 4.69) is 5.43 Å². The van der Waals surface area contributed by atoms with Crippen molar-refractivity contribution in [1.29, 1.82) is 0 Å². The van der Waals surface area contributed by atoms with Crippen molar-refractivity contribution in [2.45, 2.75) is 18.4 Å². The molecule has 6 heteroatoms. The number of hydrogen-bond acceptors (Lipinski definition) is 5. The Labute approximate surface area is 71.8 Å². The summed E-state index contributed by atoms with van der Waals surface area (Å²) in [5.41, 5.74) is 1.43. The van der Waals surface area contributed by atoms with Crippen molar-refractivity contribution in [3.8, 4) is 0 Å². The van der Waals surface area contributed by atoms with Gasteiger partial charge in [0.15, 0.2) is 9.84 Å². The molecule has 0 aliphatic carbocycles. The second-order valence-corrected chi connectivity index (χ2v) is 5.56. The number of hydrazine groups is 1. The summed E-state index contributed by atoms with van der Waals surface area (Å²) < 4.78 is 22.0. The monoisotopic (exact) mass is 194 g/mol. The summed E-state index contributed by atoms with van der Waals surface area (Å²) in [5, 5.41) is 9.70. The third-order valence-corrected chi connectivity index (χ3v) is 3.84. The maximum atomic E-state index is 11.0. The summed E-state index contributed by atoms with van der Waals surface area (Å²) in [7, 11) is -2.90. The van der Waals surface area contributed by atoms with Crippen LogP contribution in [0.15, 0.2) is 0 Å². The number of aliphatic hydroxyl groups is 1. The van der Waals surface area contributed by atoms with E-state index in [1.807, 2.05) is 0 Å². The standard InChI is InChI=1S/C6H14N2O3S/c7-8-5-6(9)1-3-12(10,11)4-2-6/h8-9H,1-5,7H2. The topological polar surface area (TPSA) is 92.4 Å². The number of nitrogens with one attached hydrogen (secondary N) is 1. The first kappa shape index (κ1) is 9.91. The highest BCUT2D eigenvalue weighted by Gasteiger charge is 2.34. The molecule has 0 radical (unpaired) electrons. The van der Waals surface area contributed by atoms with E-state index in [1.54, 1.807) is 0 Å². The normalized spacial score (nSPS) is 26.8. The maximum Gasteiger partial charge on any atom is 0.150 e. The third-order valence-electron chi connectivity index (χ3n) is 2.19. The highest BCUT2D eigenvalue weighted by atomic mass is 32.2. The Kier molecular flexibility index (Phi) is 2.72. The SMILES string of the molecule is NNCC1(O)CCS(=O)(=O)CC1. The zero-order valence-electron chi connectivity index (χ0n) is 6.78. The van der Waals surface area contributed by atoms with Gasteiger partial charge in [-0.1, -0.05) is 0 Å². The van der Waals surface area contributed by atoms with Crippen LogP contribution in [0.5, 0.6) is 0 Å². The minimum Gasteiger partial charge on any atom is -0.388 e. The molecule has 1 heterocycles. The predicted molar refractivity (Wildman–Crippen MR) is 45.0 cm³/mol. The predicted octanol–water partition coefficient (Wildman–Crippen LogP) is -1.61. The average Bonchev–Trinajstić information content (AvgIpc) is 1.98. The van der Waals surface area contributed by atoms with Gasteiger partial charge in [0.2, 0.25) is 0 Å². The van der Waals surface area contributed by atoms with Crippen molar-refractivity contribution in [2.24, 2.45) is 5.84 Å². The summed E-state index contributed by atoms with van der Waals surface area (Å²) >= 11 is 0. The van der Waals surface area contributed by atoms with Gasteiger partial charge in [0, 0.05) is 6.54 Å². The smallest absolute Gasteiger partial charge is 0.150 e. The largest absolute Gasteiger partial charge is 0.388 e. The molecule has 0 saturated carbocycles. The Balaban J connectivity index is 2.55. The van der Waals surface area contributed by atoms with Crippen LogP contribution in [0.3, 0.4) is 0 Å². The van der Waals surface area contributed by atoms with Crippen LogP contribution in [0.25, 0.3) is 0 Å². The molecule has 0 aromatic carbocycles. The fourth-order valence-corrected chi connectivity index (χ4v) is 2.87. The second-order valence-electron chi connectivity index (χ2n) is 3.26. The van der Waals surface area contributed by atoms with Crippen LogP contribution in [0, 0.1) is 0 Å². The second kappa shape index (κ2) is 3.29. The van der Waals surface area contributed by atoms with Gasteiger partial charge < -0.3 is 5.11 Å². The van der Waals surface area contributed by atoms with Crippen LogP contribution in [0.1, 0.15) is 12.8 Å².